The van der Waals surface area contributed by atoms with Crippen molar-refractivity contribution in [2.24, 2.45) is 0 Å². The van der Waals surface area contributed by atoms with Gasteiger partial charge in [0.15, 0.2) is 8.32 Å². The minimum atomic E-state index is -2.06. The standard InChI is InChI=1S/C20H26ClF3N2OSi/c1-4-28(5-2,6-3)27-19(20-17(21)11-26-12-18(20)24)13-25-10-14-7-15(22)9-16(23)8-14/h7-9,11-12,19,25H,4-6,10,13H2,1-3H3. The lowest BCUT2D eigenvalue weighted by Crippen LogP contribution is -2.40. The zero-order valence-corrected chi connectivity index (χ0v) is 18.1. The number of pyridine rings is 1. The van der Waals surface area contributed by atoms with Gasteiger partial charge in [0.05, 0.1) is 17.3 Å². The van der Waals surface area contributed by atoms with E-state index in [1.165, 1.54) is 18.3 Å². The van der Waals surface area contributed by atoms with E-state index in [4.69, 9.17) is 16.0 Å². The van der Waals surface area contributed by atoms with Crippen LogP contribution < -0.4 is 5.32 Å². The van der Waals surface area contributed by atoms with Crippen LogP contribution in [0.5, 0.6) is 0 Å². The molecule has 0 aliphatic carbocycles. The molecule has 0 radical (unpaired) electrons. The number of hydrogen-bond acceptors (Lipinski definition) is 3. The van der Waals surface area contributed by atoms with Gasteiger partial charge < -0.3 is 9.74 Å². The Morgan fingerprint density at radius 2 is 1.64 bits per heavy atom. The monoisotopic (exact) mass is 430 g/mol. The number of hydrogen-bond donors (Lipinski definition) is 1. The van der Waals surface area contributed by atoms with Gasteiger partial charge in [-0.3, -0.25) is 4.98 Å². The fraction of sp³-hybridized carbons (Fsp3) is 0.450. The summed E-state index contributed by atoms with van der Waals surface area (Å²) in [5, 5.41) is 3.33. The maximum absolute atomic E-state index is 14.5. The average molecular weight is 431 g/mol. The minimum absolute atomic E-state index is 0.204. The predicted octanol–water partition coefficient (Wildman–Crippen LogP) is 6.01. The summed E-state index contributed by atoms with van der Waals surface area (Å²) in [5.74, 6) is -1.80. The van der Waals surface area contributed by atoms with Crippen LogP contribution in [0.1, 0.15) is 38.0 Å². The van der Waals surface area contributed by atoms with Crippen LogP contribution in [-0.4, -0.2) is 19.8 Å². The van der Waals surface area contributed by atoms with Crippen molar-refractivity contribution in [3.63, 3.8) is 0 Å². The molecule has 2 aromatic rings. The zero-order chi connectivity index (χ0) is 20.7. The Labute approximate surface area is 170 Å². The molecule has 0 bridgehead atoms. The molecule has 1 N–H and O–H groups in total. The molecule has 154 valence electrons. The molecule has 0 aliphatic heterocycles. The molecule has 0 fully saturated rings. The first kappa shape index (κ1) is 22.9. The summed E-state index contributed by atoms with van der Waals surface area (Å²) in [6.07, 6.45) is 1.90. The molecule has 1 heterocycles. The third kappa shape index (κ3) is 5.79. The summed E-state index contributed by atoms with van der Waals surface area (Å²) in [5.41, 5.74) is 0.726. The number of halogens is 4. The van der Waals surface area contributed by atoms with Gasteiger partial charge >= 0.3 is 0 Å². The third-order valence-corrected chi connectivity index (χ3v) is 10.1. The Hall–Kier alpha value is -1.41. The van der Waals surface area contributed by atoms with Crippen LogP contribution >= 0.6 is 11.6 Å². The van der Waals surface area contributed by atoms with Crippen LogP contribution in [0.15, 0.2) is 30.6 Å². The van der Waals surface area contributed by atoms with Gasteiger partial charge in [-0.2, -0.15) is 0 Å². The summed E-state index contributed by atoms with van der Waals surface area (Å²) in [6, 6.07) is 6.04. The largest absolute Gasteiger partial charge is 0.408 e. The molecule has 0 amide bonds. The van der Waals surface area contributed by atoms with E-state index in [1.807, 2.05) is 0 Å². The fourth-order valence-electron chi connectivity index (χ4n) is 3.29. The van der Waals surface area contributed by atoms with Crippen LogP contribution in [0.25, 0.3) is 0 Å². The Kier molecular flexibility index (Phi) is 8.49. The van der Waals surface area contributed by atoms with Gasteiger partial charge in [-0.25, -0.2) is 13.2 Å². The quantitative estimate of drug-likeness (QED) is 0.469. The summed E-state index contributed by atoms with van der Waals surface area (Å²) < 4.78 is 47.8. The normalized spacial score (nSPS) is 13.0. The maximum atomic E-state index is 14.5. The van der Waals surface area contributed by atoms with Crippen molar-refractivity contribution in [3.05, 3.63) is 64.2 Å². The first-order valence-electron chi connectivity index (χ1n) is 9.46. The number of nitrogens with one attached hydrogen (secondary N) is 1. The second-order valence-corrected chi connectivity index (χ2v) is 11.9. The van der Waals surface area contributed by atoms with Crippen molar-refractivity contribution in [3.8, 4) is 0 Å². The van der Waals surface area contributed by atoms with E-state index in [1.54, 1.807) is 0 Å². The van der Waals surface area contributed by atoms with Gasteiger partial charge in [0.2, 0.25) is 0 Å². The molecule has 1 unspecified atom stereocenters. The van der Waals surface area contributed by atoms with Crippen LogP contribution in [0.3, 0.4) is 0 Å². The highest BCUT2D eigenvalue weighted by Gasteiger charge is 2.34. The second kappa shape index (κ2) is 10.4. The van der Waals surface area contributed by atoms with E-state index >= 15 is 0 Å². The molecular formula is C20H26ClF3N2OSi. The Balaban J connectivity index is 2.23. The van der Waals surface area contributed by atoms with Crippen molar-refractivity contribution in [1.29, 1.82) is 0 Å². The molecule has 0 spiro atoms. The Bertz CT molecular complexity index is 741. The number of nitrogens with zero attached hydrogens (tertiary/aromatic N) is 1. The van der Waals surface area contributed by atoms with E-state index < -0.39 is 31.9 Å². The van der Waals surface area contributed by atoms with Gasteiger partial charge in [-0.05, 0) is 35.8 Å². The molecule has 2 rings (SSSR count). The molecule has 28 heavy (non-hydrogen) atoms. The van der Waals surface area contributed by atoms with Gasteiger partial charge in [0.25, 0.3) is 0 Å². The van der Waals surface area contributed by atoms with Crippen molar-refractivity contribution in [2.75, 3.05) is 6.54 Å². The lowest BCUT2D eigenvalue weighted by molar-refractivity contribution is 0.181. The second-order valence-electron chi connectivity index (χ2n) is 6.78. The lowest BCUT2D eigenvalue weighted by atomic mass is 10.1. The molecule has 1 aromatic carbocycles. The summed E-state index contributed by atoms with van der Waals surface area (Å²) >= 11 is 6.23. The molecule has 0 aliphatic rings. The van der Waals surface area contributed by atoms with Crippen LogP contribution in [0.2, 0.25) is 23.2 Å². The fourth-order valence-corrected chi connectivity index (χ4v) is 6.37. The van der Waals surface area contributed by atoms with Gasteiger partial charge in [-0.15, -0.1) is 0 Å². The highest BCUT2D eigenvalue weighted by Crippen LogP contribution is 2.33. The summed E-state index contributed by atoms with van der Waals surface area (Å²) in [6.45, 7) is 6.74. The predicted molar refractivity (Wildman–Crippen MR) is 108 cm³/mol. The van der Waals surface area contributed by atoms with Crippen molar-refractivity contribution in [1.82, 2.24) is 10.3 Å². The molecule has 0 saturated carbocycles. The van der Waals surface area contributed by atoms with E-state index in [9.17, 15) is 13.2 Å². The molecule has 0 saturated heterocycles. The number of benzene rings is 1. The first-order chi connectivity index (χ1) is 13.3. The zero-order valence-electron chi connectivity index (χ0n) is 16.4. The van der Waals surface area contributed by atoms with Crippen LogP contribution in [0.4, 0.5) is 13.2 Å². The van der Waals surface area contributed by atoms with E-state index in [2.05, 4.69) is 31.1 Å². The van der Waals surface area contributed by atoms with Gasteiger partial charge in [0, 0.05) is 30.9 Å². The summed E-state index contributed by atoms with van der Waals surface area (Å²) in [4.78, 5) is 3.78. The Morgan fingerprint density at radius 3 is 2.18 bits per heavy atom. The lowest BCUT2D eigenvalue weighted by Gasteiger charge is -2.34. The van der Waals surface area contributed by atoms with Gasteiger partial charge in [0.1, 0.15) is 17.5 Å². The molecule has 1 atom stereocenters. The van der Waals surface area contributed by atoms with Gasteiger partial charge in [-0.1, -0.05) is 32.4 Å². The molecule has 1 aromatic heterocycles. The molecule has 8 heteroatoms. The molecule has 3 nitrogen and oxygen atoms in total. The third-order valence-electron chi connectivity index (χ3n) is 5.12. The average Bonchev–Trinajstić information content (AvgIpc) is 2.65. The van der Waals surface area contributed by atoms with Crippen molar-refractivity contribution in [2.45, 2.75) is 51.6 Å². The minimum Gasteiger partial charge on any atom is -0.408 e. The van der Waals surface area contributed by atoms with Crippen molar-refractivity contribution >= 4 is 19.9 Å². The highest BCUT2D eigenvalue weighted by molar-refractivity contribution is 6.73. The maximum Gasteiger partial charge on any atom is 0.192 e. The van der Waals surface area contributed by atoms with E-state index in [0.29, 0.717) is 5.56 Å². The number of aromatic nitrogens is 1. The van der Waals surface area contributed by atoms with Crippen LogP contribution in [-0.2, 0) is 11.0 Å². The van der Waals surface area contributed by atoms with E-state index in [0.717, 1.165) is 30.4 Å². The van der Waals surface area contributed by atoms with E-state index in [-0.39, 0.29) is 23.7 Å². The Morgan fingerprint density at radius 1 is 1.04 bits per heavy atom. The van der Waals surface area contributed by atoms with Crippen molar-refractivity contribution < 1.29 is 17.6 Å². The number of rotatable bonds is 10. The summed E-state index contributed by atoms with van der Waals surface area (Å²) in [7, 11) is -2.06. The first-order valence-corrected chi connectivity index (χ1v) is 12.4. The molecular weight excluding hydrogens is 405 g/mol. The highest BCUT2D eigenvalue weighted by atomic mass is 35.5. The SMILES string of the molecule is CC[Si](CC)(CC)OC(CNCc1cc(F)cc(F)c1)c1c(F)cncc1Cl. The van der Waals surface area contributed by atoms with Crippen LogP contribution in [0, 0.1) is 17.5 Å². The topological polar surface area (TPSA) is 34.1 Å². The smallest absolute Gasteiger partial charge is 0.192 e.